The summed E-state index contributed by atoms with van der Waals surface area (Å²) < 4.78 is 37.6. The van der Waals surface area contributed by atoms with Crippen LogP contribution in [0.15, 0.2) is 65.0 Å². The first-order valence-electron chi connectivity index (χ1n) is 8.93. The molecule has 0 aliphatic rings. The van der Waals surface area contributed by atoms with E-state index in [9.17, 15) is 13.2 Å². The molecule has 0 spiro atoms. The molecule has 0 saturated carbocycles. The first-order valence-corrected chi connectivity index (χ1v) is 11.3. The predicted octanol–water partition coefficient (Wildman–Crippen LogP) is 3.74. The maximum absolute atomic E-state index is 12.5. The molecule has 7 nitrogen and oxygen atoms in total. The van der Waals surface area contributed by atoms with Crippen molar-refractivity contribution < 1.29 is 22.7 Å². The van der Waals surface area contributed by atoms with E-state index in [1.165, 1.54) is 23.8 Å². The van der Waals surface area contributed by atoms with E-state index in [0.717, 1.165) is 11.1 Å². The molecule has 0 radical (unpaired) electrons. The summed E-state index contributed by atoms with van der Waals surface area (Å²) in [5, 5.41) is 1.72. The van der Waals surface area contributed by atoms with E-state index in [4.69, 9.17) is 9.47 Å². The van der Waals surface area contributed by atoms with Gasteiger partial charge in [-0.2, -0.15) is 8.42 Å². The van der Waals surface area contributed by atoms with Crippen molar-refractivity contribution in [1.29, 1.82) is 0 Å². The molecule has 9 heteroatoms. The number of allylic oxidation sites excluding steroid dienone is 1. The fourth-order valence-electron chi connectivity index (χ4n) is 2.57. The van der Waals surface area contributed by atoms with E-state index in [-0.39, 0.29) is 5.03 Å². The van der Waals surface area contributed by atoms with Crippen LogP contribution in [0.25, 0.3) is 16.6 Å². The van der Waals surface area contributed by atoms with Gasteiger partial charge in [-0.3, -0.25) is 4.79 Å². The fraction of sp³-hybridized carbons (Fsp3) is 0.143. The van der Waals surface area contributed by atoms with Crippen LogP contribution in [0.4, 0.5) is 0 Å². The smallest absolute Gasteiger partial charge is 0.282 e. The molecule has 0 aliphatic carbocycles. The van der Waals surface area contributed by atoms with Crippen LogP contribution in [0.1, 0.15) is 12.5 Å². The number of hydrogen-bond donors (Lipinski definition) is 1. The normalized spacial score (nSPS) is 11.4. The Bertz CT molecular complexity index is 1160. The van der Waals surface area contributed by atoms with Gasteiger partial charge in [0.15, 0.2) is 23.1 Å². The highest BCUT2D eigenvalue weighted by Gasteiger charge is 2.22. The lowest BCUT2D eigenvalue weighted by Gasteiger charge is -2.11. The number of sulfonamides is 1. The van der Waals surface area contributed by atoms with Gasteiger partial charge in [0.1, 0.15) is 5.01 Å². The number of nitrogens with zero attached hydrogens (tertiary/aromatic N) is 1. The summed E-state index contributed by atoms with van der Waals surface area (Å²) in [6.07, 6.45) is 3.78. The molecular formula is C21H20N2O5S2. The summed E-state index contributed by atoms with van der Waals surface area (Å²) in [6, 6.07) is 14.4. The number of aromatic nitrogens is 1. The second kappa shape index (κ2) is 9.55. The molecule has 1 aromatic heterocycles. The molecule has 0 saturated heterocycles. The Hall–Kier alpha value is -3.17. The van der Waals surface area contributed by atoms with Crippen LogP contribution < -0.4 is 14.2 Å². The Morgan fingerprint density at radius 1 is 1.17 bits per heavy atom. The second-order valence-corrected chi connectivity index (χ2v) is 8.57. The number of carbonyl (C=O) groups is 1. The molecule has 1 amide bonds. The van der Waals surface area contributed by atoms with Crippen LogP contribution in [0.2, 0.25) is 0 Å². The van der Waals surface area contributed by atoms with E-state index in [2.05, 4.69) is 4.98 Å². The lowest BCUT2D eigenvalue weighted by atomic mass is 10.2. The minimum Gasteiger partial charge on any atom is -0.493 e. The maximum Gasteiger partial charge on any atom is 0.282 e. The molecule has 0 unspecified atom stereocenters. The third-order valence-corrected chi connectivity index (χ3v) is 6.23. The van der Waals surface area contributed by atoms with Gasteiger partial charge in [0.2, 0.25) is 0 Å². The lowest BCUT2D eigenvalue weighted by Crippen LogP contribution is -2.34. The SMILES string of the molecule is C/C=C/c1ccc(OCC(=O)NS(=O)(=O)c2csc(-c3ccccc3)n2)c(OC)c1. The van der Waals surface area contributed by atoms with Crippen LogP contribution in [0.3, 0.4) is 0 Å². The zero-order valence-electron chi connectivity index (χ0n) is 16.4. The van der Waals surface area contributed by atoms with Crippen LogP contribution >= 0.6 is 11.3 Å². The summed E-state index contributed by atoms with van der Waals surface area (Å²) in [4.78, 5) is 16.3. The first kappa shape index (κ1) is 21.5. The number of hydrogen-bond acceptors (Lipinski definition) is 7. The van der Waals surface area contributed by atoms with Crippen LogP contribution in [0.5, 0.6) is 11.5 Å². The van der Waals surface area contributed by atoms with Crippen LogP contribution in [0, 0.1) is 0 Å². The molecule has 2 aromatic carbocycles. The third kappa shape index (κ3) is 5.25. The highest BCUT2D eigenvalue weighted by atomic mass is 32.2. The van der Waals surface area contributed by atoms with Crippen LogP contribution in [-0.4, -0.2) is 33.0 Å². The highest BCUT2D eigenvalue weighted by molar-refractivity contribution is 7.90. The van der Waals surface area contributed by atoms with Gasteiger partial charge >= 0.3 is 0 Å². The van der Waals surface area contributed by atoms with Gasteiger partial charge < -0.3 is 9.47 Å². The van der Waals surface area contributed by atoms with Crippen molar-refractivity contribution in [1.82, 2.24) is 9.71 Å². The van der Waals surface area contributed by atoms with Crippen molar-refractivity contribution in [3.8, 4) is 22.1 Å². The number of nitrogens with one attached hydrogen (secondary N) is 1. The Morgan fingerprint density at radius 3 is 2.63 bits per heavy atom. The van der Waals surface area contributed by atoms with Crippen molar-refractivity contribution in [2.75, 3.05) is 13.7 Å². The number of benzene rings is 2. The van der Waals surface area contributed by atoms with Gasteiger partial charge in [-0.05, 0) is 24.6 Å². The molecule has 1 N–H and O–H groups in total. The lowest BCUT2D eigenvalue weighted by molar-refractivity contribution is -0.121. The van der Waals surface area contributed by atoms with E-state index < -0.39 is 22.5 Å². The fourth-order valence-corrected chi connectivity index (χ4v) is 4.64. The largest absolute Gasteiger partial charge is 0.493 e. The van der Waals surface area contributed by atoms with Gasteiger partial charge in [-0.1, -0.05) is 48.6 Å². The molecule has 3 aromatic rings. The molecule has 0 aliphatic heterocycles. The molecule has 0 fully saturated rings. The summed E-state index contributed by atoms with van der Waals surface area (Å²) in [5.74, 6) is -0.0459. The monoisotopic (exact) mass is 444 g/mol. The topological polar surface area (TPSA) is 94.6 Å². The molecule has 30 heavy (non-hydrogen) atoms. The van der Waals surface area contributed by atoms with Crippen molar-refractivity contribution in [2.45, 2.75) is 11.9 Å². The summed E-state index contributed by atoms with van der Waals surface area (Å²) >= 11 is 1.18. The van der Waals surface area contributed by atoms with Gasteiger partial charge in [-0.15, -0.1) is 11.3 Å². The molecule has 1 heterocycles. The zero-order chi connectivity index (χ0) is 21.6. The molecule has 3 rings (SSSR count). The summed E-state index contributed by atoms with van der Waals surface area (Å²) in [6.45, 7) is 1.40. The van der Waals surface area contributed by atoms with Crippen molar-refractivity contribution in [3.05, 3.63) is 65.6 Å². The highest BCUT2D eigenvalue weighted by Crippen LogP contribution is 2.29. The maximum atomic E-state index is 12.5. The quantitative estimate of drug-likeness (QED) is 0.569. The van der Waals surface area contributed by atoms with E-state index >= 15 is 0 Å². The Morgan fingerprint density at radius 2 is 1.93 bits per heavy atom. The average molecular weight is 445 g/mol. The van der Waals surface area contributed by atoms with Gasteiger partial charge in [-0.25, -0.2) is 9.71 Å². The molecule has 0 bridgehead atoms. The summed E-state index contributed by atoms with van der Waals surface area (Å²) in [5.41, 5.74) is 1.71. The third-order valence-electron chi connectivity index (χ3n) is 3.93. The number of amides is 1. The Labute approximate surface area is 179 Å². The van der Waals surface area contributed by atoms with Crippen molar-refractivity contribution in [2.24, 2.45) is 0 Å². The average Bonchev–Trinajstić information content (AvgIpc) is 3.25. The van der Waals surface area contributed by atoms with E-state index in [1.807, 2.05) is 54.1 Å². The number of ether oxygens (including phenoxy) is 2. The van der Waals surface area contributed by atoms with Gasteiger partial charge in [0.25, 0.3) is 15.9 Å². The standard InChI is InChI=1S/C21H20N2O5S2/c1-3-7-15-10-11-17(18(12-15)27-2)28-13-19(24)23-30(25,26)20-14-29-21(22-20)16-8-5-4-6-9-16/h3-12,14H,13H2,1-2H3,(H,23,24)/b7-3+. The molecule has 0 atom stereocenters. The summed E-state index contributed by atoms with van der Waals surface area (Å²) in [7, 11) is -2.62. The Balaban J connectivity index is 1.65. The predicted molar refractivity (Wildman–Crippen MR) is 116 cm³/mol. The van der Waals surface area contributed by atoms with Crippen molar-refractivity contribution >= 4 is 33.3 Å². The van der Waals surface area contributed by atoms with Gasteiger partial charge in [0.05, 0.1) is 7.11 Å². The molecule has 156 valence electrons. The zero-order valence-corrected chi connectivity index (χ0v) is 18.0. The first-order chi connectivity index (χ1) is 14.4. The van der Waals surface area contributed by atoms with Crippen molar-refractivity contribution in [3.63, 3.8) is 0 Å². The number of rotatable bonds is 8. The molecular weight excluding hydrogens is 424 g/mol. The Kier molecular flexibility index (Phi) is 6.86. The number of carbonyl (C=O) groups excluding carboxylic acids is 1. The number of thiazole rings is 1. The van der Waals surface area contributed by atoms with Crippen LogP contribution in [-0.2, 0) is 14.8 Å². The second-order valence-electron chi connectivity index (χ2n) is 6.08. The minimum absolute atomic E-state index is 0.215. The van der Waals surface area contributed by atoms with E-state index in [0.29, 0.717) is 16.5 Å². The van der Waals surface area contributed by atoms with E-state index in [1.54, 1.807) is 18.2 Å². The van der Waals surface area contributed by atoms with Gasteiger partial charge in [0, 0.05) is 10.9 Å². The minimum atomic E-state index is -4.10. The number of methoxy groups -OCH3 is 1.